The van der Waals surface area contributed by atoms with Crippen LogP contribution >= 0.6 is 0 Å². The molecule has 1 rings (SSSR count). The molecule has 3 nitrogen and oxygen atoms in total. The number of hydrogen-bond acceptors (Lipinski definition) is 2. The van der Waals surface area contributed by atoms with Gasteiger partial charge in [-0.25, -0.2) is 0 Å². The van der Waals surface area contributed by atoms with Gasteiger partial charge in [0, 0.05) is 12.2 Å². The molecule has 0 saturated heterocycles. The third kappa shape index (κ3) is 3.80. The van der Waals surface area contributed by atoms with Crippen LogP contribution < -0.4 is 5.73 Å². The Hall–Kier alpha value is -1.43. The van der Waals surface area contributed by atoms with Crippen LogP contribution in [0.3, 0.4) is 0 Å². The zero-order chi connectivity index (χ0) is 13.4. The van der Waals surface area contributed by atoms with Crippen molar-refractivity contribution in [3.63, 3.8) is 0 Å². The topological polar surface area (TPSA) is 54.7 Å². The van der Waals surface area contributed by atoms with E-state index in [1.165, 1.54) is 25.7 Å². The molecule has 100 valence electrons. The molecule has 0 aliphatic rings. The van der Waals surface area contributed by atoms with E-state index in [1.54, 1.807) is 0 Å². The highest BCUT2D eigenvalue weighted by Crippen LogP contribution is 2.21. The van der Waals surface area contributed by atoms with Gasteiger partial charge in [0.1, 0.15) is 11.8 Å². The molecular weight excluding hydrogens is 222 g/mol. The fraction of sp³-hybridized carbons (Fsp3) is 0.667. The summed E-state index contributed by atoms with van der Waals surface area (Å²) in [5.74, 6) is 0. The molecule has 18 heavy (non-hydrogen) atoms. The standard InChI is InChI=1S/C15H25N3/c1-3-5-7-9-15-14(17)11-13(12-16)18(15)10-8-6-4-2/h11H,3-10,17H2,1-2H3. The first-order valence-corrected chi connectivity index (χ1v) is 7.12. The first-order chi connectivity index (χ1) is 8.74. The molecule has 0 aromatic carbocycles. The molecule has 0 fully saturated rings. The summed E-state index contributed by atoms with van der Waals surface area (Å²) in [6.07, 6.45) is 8.11. The van der Waals surface area contributed by atoms with E-state index in [9.17, 15) is 0 Å². The monoisotopic (exact) mass is 247 g/mol. The van der Waals surface area contributed by atoms with Gasteiger partial charge in [-0.15, -0.1) is 0 Å². The van der Waals surface area contributed by atoms with Gasteiger partial charge >= 0.3 is 0 Å². The third-order valence-corrected chi connectivity index (χ3v) is 3.36. The number of nitrogens with zero attached hydrogens (tertiary/aromatic N) is 2. The molecule has 0 unspecified atom stereocenters. The molecule has 0 atom stereocenters. The van der Waals surface area contributed by atoms with E-state index in [4.69, 9.17) is 11.0 Å². The maximum atomic E-state index is 9.16. The average Bonchev–Trinajstić information content (AvgIpc) is 2.67. The Bertz CT molecular complexity index is 399. The lowest BCUT2D eigenvalue weighted by atomic mass is 10.1. The molecule has 0 radical (unpaired) electrons. The molecule has 1 aromatic heterocycles. The van der Waals surface area contributed by atoms with Crippen molar-refractivity contribution in [3.05, 3.63) is 17.5 Å². The molecule has 1 aromatic rings. The highest BCUT2D eigenvalue weighted by molar-refractivity contribution is 5.50. The quantitative estimate of drug-likeness (QED) is 0.709. The Morgan fingerprint density at radius 1 is 1.17 bits per heavy atom. The van der Waals surface area contributed by atoms with Crippen molar-refractivity contribution >= 4 is 5.69 Å². The van der Waals surface area contributed by atoms with Crippen LogP contribution in [0.5, 0.6) is 0 Å². The van der Waals surface area contributed by atoms with Crippen molar-refractivity contribution in [2.45, 2.75) is 65.3 Å². The summed E-state index contributed by atoms with van der Waals surface area (Å²) in [5.41, 5.74) is 8.70. The fourth-order valence-electron chi connectivity index (χ4n) is 2.30. The Morgan fingerprint density at radius 3 is 2.44 bits per heavy atom. The van der Waals surface area contributed by atoms with E-state index in [0.29, 0.717) is 0 Å². The van der Waals surface area contributed by atoms with Crippen LogP contribution in [0.4, 0.5) is 5.69 Å². The summed E-state index contributed by atoms with van der Waals surface area (Å²) in [6, 6.07) is 4.08. The van der Waals surface area contributed by atoms with Crippen LogP contribution in [-0.2, 0) is 13.0 Å². The number of anilines is 1. The first kappa shape index (κ1) is 14.6. The maximum Gasteiger partial charge on any atom is 0.122 e. The van der Waals surface area contributed by atoms with Crippen molar-refractivity contribution in [1.82, 2.24) is 4.57 Å². The summed E-state index contributed by atoms with van der Waals surface area (Å²) in [5, 5.41) is 9.16. The van der Waals surface area contributed by atoms with Crippen LogP contribution in [0.15, 0.2) is 6.07 Å². The lowest BCUT2D eigenvalue weighted by molar-refractivity contribution is 0.572. The number of rotatable bonds is 8. The summed E-state index contributed by atoms with van der Waals surface area (Å²) >= 11 is 0. The van der Waals surface area contributed by atoms with Gasteiger partial charge in [-0.1, -0.05) is 39.5 Å². The third-order valence-electron chi connectivity index (χ3n) is 3.36. The summed E-state index contributed by atoms with van der Waals surface area (Å²) in [6.45, 7) is 5.32. The van der Waals surface area contributed by atoms with E-state index >= 15 is 0 Å². The van der Waals surface area contributed by atoms with Crippen molar-refractivity contribution in [2.24, 2.45) is 0 Å². The Labute approximate surface area is 111 Å². The van der Waals surface area contributed by atoms with Crippen molar-refractivity contribution in [2.75, 3.05) is 5.73 Å². The minimum Gasteiger partial charge on any atom is -0.397 e. The molecule has 0 spiro atoms. The van der Waals surface area contributed by atoms with Gasteiger partial charge in [0.25, 0.3) is 0 Å². The van der Waals surface area contributed by atoms with Gasteiger partial charge in [0.05, 0.1) is 5.69 Å². The van der Waals surface area contributed by atoms with Crippen molar-refractivity contribution in [3.8, 4) is 6.07 Å². The maximum absolute atomic E-state index is 9.16. The van der Waals surface area contributed by atoms with Gasteiger partial charge in [-0.05, 0) is 25.3 Å². The van der Waals surface area contributed by atoms with E-state index in [-0.39, 0.29) is 0 Å². The minimum atomic E-state index is 0.718. The summed E-state index contributed by atoms with van der Waals surface area (Å²) < 4.78 is 2.13. The Morgan fingerprint density at radius 2 is 1.83 bits per heavy atom. The first-order valence-electron chi connectivity index (χ1n) is 7.12. The average molecular weight is 247 g/mol. The van der Waals surface area contributed by atoms with Crippen LogP contribution in [0, 0.1) is 11.3 Å². The van der Waals surface area contributed by atoms with Gasteiger partial charge in [0.2, 0.25) is 0 Å². The number of nitrogens with two attached hydrogens (primary N) is 1. The molecule has 0 aliphatic heterocycles. The molecule has 0 amide bonds. The smallest absolute Gasteiger partial charge is 0.122 e. The van der Waals surface area contributed by atoms with Crippen LogP contribution in [-0.4, -0.2) is 4.57 Å². The zero-order valence-corrected chi connectivity index (χ0v) is 11.7. The van der Waals surface area contributed by atoms with E-state index < -0.39 is 0 Å². The number of nitriles is 1. The minimum absolute atomic E-state index is 0.718. The SMILES string of the molecule is CCCCCc1c(N)cc(C#N)n1CCCCC. The lowest BCUT2D eigenvalue weighted by Crippen LogP contribution is -2.07. The molecular formula is C15H25N3. The molecule has 0 saturated carbocycles. The zero-order valence-electron chi connectivity index (χ0n) is 11.7. The van der Waals surface area contributed by atoms with Gasteiger partial charge < -0.3 is 10.3 Å². The van der Waals surface area contributed by atoms with Gasteiger partial charge in [-0.2, -0.15) is 5.26 Å². The fourth-order valence-corrected chi connectivity index (χ4v) is 2.30. The molecule has 0 bridgehead atoms. The second-order valence-corrected chi connectivity index (χ2v) is 4.86. The molecule has 1 heterocycles. The highest BCUT2D eigenvalue weighted by atomic mass is 15.0. The van der Waals surface area contributed by atoms with E-state index in [2.05, 4.69) is 24.5 Å². The lowest BCUT2D eigenvalue weighted by Gasteiger charge is -2.11. The van der Waals surface area contributed by atoms with Crippen LogP contribution in [0.25, 0.3) is 0 Å². The van der Waals surface area contributed by atoms with E-state index in [0.717, 1.165) is 42.9 Å². The highest BCUT2D eigenvalue weighted by Gasteiger charge is 2.12. The second-order valence-electron chi connectivity index (χ2n) is 4.86. The largest absolute Gasteiger partial charge is 0.397 e. The predicted molar refractivity (Wildman–Crippen MR) is 76.3 cm³/mol. The van der Waals surface area contributed by atoms with Crippen LogP contribution in [0.1, 0.15) is 63.8 Å². The predicted octanol–water partition coefficient (Wildman–Crippen LogP) is 3.86. The summed E-state index contributed by atoms with van der Waals surface area (Å²) in [7, 11) is 0. The van der Waals surface area contributed by atoms with Crippen LogP contribution in [0.2, 0.25) is 0 Å². The molecule has 2 N–H and O–H groups in total. The Kier molecular flexibility index (Phi) is 6.35. The number of hydrogen-bond donors (Lipinski definition) is 1. The number of unbranched alkanes of at least 4 members (excludes halogenated alkanes) is 4. The second kappa shape index (κ2) is 7.81. The van der Waals surface area contributed by atoms with Gasteiger partial charge in [0.15, 0.2) is 0 Å². The Balaban J connectivity index is 2.78. The van der Waals surface area contributed by atoms with Gasteiger partial charge in [-0.3, -0.25) is 0 Å². The molecule has 0 aliphatic carbocycles. The summed E-state index contributed by atoms with van der Waals surface area (Å²) in [4.78, 5) is 0. The number of aromatic nitrogens is 1. The van der Waals surface area contributed by atoms with Crippen molar-refractivity contribution in [1.29, 1.82) is 5.26 Å². The number of nitrogen functional groups attached to an aromatic ring is 1. The normalized spacial score (nSPS) is 10.5. The molecule has 3 heteroatoms. The van der Waals surface area contributed by atoms with E-state index in [1.807, 2.05) is 6.07 Å². The van der Waals surface area contributed by atoms with Crippen molar-refractivity contribution < 1.29 is 0 Å².